The van der Waals surface area contributed by atoms with Gasteiger partial charge in [0.1, 0.15) is 11.5 Å². The molecule has 186 valence electrons. The van der Waals surface area contributed by atoms with Gasteiger partial charge >= 0.3 is 0 Å². The largest absolute Gasteiger partial charge is 0.390 e. The summed E-state index contributed by atoms with van der Waals surface area (Å²) in [4.78, 5) is 21.7. The molecule has 2 aromatic rings. The highest BCUT2D eigenvalue weighted by Gasteiger charge is 2.22. The molecule has 1 aromatic carbocycles. The number of halogens is 2. The number of benzene rings is 1. The number of nitrogens with one attached hydrogen (secondary N) is 1. The molecule has 0 radical (unpaired) electrons. The second-order valence-corrected chi connectivity index (χ2v) is 8.62. The normalized spacial score (nSPS) is 14.9. The van der Waals surface area contributed by atoms with E-state index in [1.807, 2.05) is 13.8 Å². The molecule has 2 N–H and O–H groups in total. The molecule has 1 unspecified atom stereocenters. The average molecular weight is 501 g/mol. The lowest BCUT2D eigenvalue weighted by Gasteiger charge is -2.37. The second kappa shape index (κ2) is 13.2. The van der Waals surface area contributed by atoms with Gasteiger partial charge in [-0.25, -0.2) is 4.98 Å². The number of imidazole rings is 1. The first-order chi connectivity index (χ1) is 14.8. The molecule has 1 aliphatic heterocycles. The Kier molecular flexibility index (Phi) is 11.7. The van der Waals surface area contributed by atoms with E-state index in [0.717, 1.165) is 50.7 Å². The third-order valence-electron chi connectivity index (χ3n) is 6.33. The van der Waals surface area contributed by atoms with Gasteiger partial charge in [0, 0.05) is 57.2 Å². The van der Waals surface area contributed by atoms with E-state index in [0.29, 0.717) is 12.2 Å². The molecule has 1 amide bonds. The lowest BCUT2D eigenvalue weighted by molar-refractivity contribution is 0.0847. The molecule has 2 heterocycles. The lowest BCUT2D eigenvalue weighted by atomic mass is 10.1. The van der Waals surface area contributed by atoms with Crippen LogP contribution >= 0.6 is 24.8 Å². The fraction of sp³-hybridized carbons (Fsp3) is 0.583. The smallest absolute Gasteiger partial charge is 0.271 e. The SMILES string of the molecule is CCCn1c(C)nc(C(=O)NCC(O)CN2CCN(c3cccc(C)c3C)CC2)c1C.Cl.Cl. The molecule has 9 heteroatoms. The third kappa shape index (κ3) is 7.09. The summed E-state index contributed by atoms with van der Waals surface area (Å²) in [6.07, 6.45) is 0.393. The number of aromatic nitrogens is 2. The highest BCUT2D eigenvalue weighted by Crippen LogP contribution is 2.23. The number of aryl methyl sites for hydroxylation is 2. The van der Waals surface area contributed by atoms with Gasteiger partial charge in [0.15, 0.2) is 0 Å². The molecule has 0 spiro atoms. The number of aliphatic hydroxyl groups excluding tert-OH is 1. The molecule has 33 heavy (non-hydrogen) atoms. The third-order valence-corrected chi connectivity index (χ3v) is 6.33. The van der Waals surface area contributed by atoms with Gasteiger partial charge in [0.2, 0.25) is 0 Å². The van der Waals surface area contributed by atoms with Crippen LogP contribution in [0.5, 0.6) is 0 Å². The van der Waals surface area contributed by atoms with E-state index in [1.165, 1.54) is 16.8 Å². The Morgan fingerprint density at radius 1 is 1.12 bits per heavy atom. The molecule has 1 aliphatic rings. The predicted octanol–water partition coefficient (Wildman–Crippen LogP) is 3.28. The minimum absolute atomic E-state index is 0. The predicted molar refractivity (Wildman–Crippen MR) is 139 cm³/mol. The van der Waals surface area contributed by atoms with Gasteiger partial charge in [-0.15, -0.1) is 24.8 Å². The van der Waals surface area contributed by atoms with E-state index in [1.54, 1.807) is 0 Å². The van der Waals surface area contributed by atoms with E-state index in [9.17, 15) is 9.90 Å². The highest BCUT2D eigenvalue weighted by molar-refractivity contribution is 5.93. The Hall–Kier alpha value is -1.80. The Bertz CT molecular complexity index is 910. The maximum absolute atomic E-state index is 12.6. The van der Waals surface area contributed by atoms with Crippen molar-refractivity contribution in [1.29, 1.82) is 0 Å². The van der Waals surface area contributed by atoms with E-state index in [4.69, 9.17) is 0 Å². The van der Waals surface area contributed by atoms with Crippen LogP contribution in [0.3, 0.4) is 0 Å². The van der Waals surface area contributed by atoms with Crippen molar-refractivity contribution < 1.29 is 9.90 Å². The van der Waals surface area contributed by atoms with Crippen molar-refractivity contribution in [2.45, 2.75) is 53.7 Å². The van der Waals surface area contributed by atoms with Crippen molar-refractivity contribution in [1.82, 2.24) is 19.8 Å². The molecule has 7 nitrogen and oxygen atoms in total. The maximum Gasteiger partial charge on any atom is 0.271 e. The van der Waals surface area contributed by atoms with Crippen molar-refractivity contribution in [3.05, 3.63) is 46.5 Å². The van der Waals surface area contributed by atoms with Crippen LogP contribution < -0.4 is 10.2 Å². The van der Waals surface area contributed by atoms with Gasteiger partial charge in [-0.1, -0.05) is 19.1 Å². The van der Waals surface area contributed by atoms with Crippen molar-refractivity contribution in [3.8, 4) is 0 Å². The van der Waals surface area contributed by atoms with Crippen molar-refractivity contribution in [3.63, 3.8) is 0 Å². The second-order valence-electron chi connectivity index (χ2n) is 8.62. The van der Waals surface area contributed by atoms with Crippen LogP contribution in [-0.4, -0.2) is 70.8 Å². The minimum atomic E-state index is -0.602. The molecular formula is C24H39Cl2N5O2. The number of hydrogen-bond acceptors (Lipinski definition) is 5. The molecule has 1 atom stereocenters. The van der Waals surface area contributed by atoms with E-state index >= 15 is 0 Å². The summed E-state index contributed by atoms with van der Waals surface area (Å²) in [5.74, 6) is 0.640. The van der Waals surface area contributed by atoms with Gasteiger partial charge in [0.25, 0.3) is 5.91 Å². The summed E-state index contributed by atoms with van der Waals surface area (Å²) < 4.78 is 2.07. The summed E-state index contributed by atoms with van der Waals surface area (Å²) in [5.41, 5.74) is 5.30. The number of aliphatic hydroxyl groups is 1. The van der Waals surface area contributed by atoms with Crippen molar-refractivity contribution in [2.24, 2.45) is 0 Å². The van der Waals surface area contributed by atoms with E-state index in [2.05, 4.69) is 63.6 Å². The highest BCUT2D eigenvalue weighted by atomic mass is 35.5. The molecule has 1 saturated heterocycles. The summed E-state index contributed by atoms with van der Waals surface area (Å²) in [5, 5.41) is 13.3. The molecule has 0 aliphatic carbocycles. The number of hydrogen-bond donors (Lipinski definition) is 2. The van der Waals surface area contributed by atoms with Crippen molar-refractivity contribution in [2.75, 3.05) is 44.2 Å². The first kappa shape index (κ1) is 29.2. The topological polar surface area (TPSA) is 73.6 Å². The van der Waals surface area contributed by atoms with E-state index < -0.39 is 6.10 Å². The summed E-state index contributed by atoms with van der Waals surface area (Å²) >= 11 is 0. The maximum atomic E-state index is 12.6. The Morgan fingerprint density at radius 3 is 2.42 bits per heavy atom. The first-order valence-corrected chi connectivity index (χ1v) is 11.3. The van der Waals surface area contributed by atoms with Crippen LogP contribution in [0.25, 0.3) is 0 Å². The Balaban J connectivity index is 0.00000272. The summed E-state index contributed by atoms with van der Waals surface area (Å²) in [7, 11) is 0. The molecular weight excluding hydrogens is 461 g/mol. The zero-order valence-corrected chi connectivity index (χ0v) is 22.1. The number of amides is 1. The number of rotatable bonds is 8. The minimum Gasteiger partial charge on any atom is -0.390 e. The fourth-order valence-corrected chi connectivity index (χ4v) is 4.35. The lowest BCUT2D eigenvalue weighted by Crippen LogP contribution is -2.50. The van der Waals surface area contributed by atoms with Crippen LogP contribution in [0.2, 0.25) is 0 Å². The quantitative estimate of drug-likeness (QED) is 0.582. The van der Waals surface area contributed by atoms with Crippen LogP contribution in [0.1, 0.15) is 46.5 Å². The van der Waals surface area contributed by atoms with Gasteiger partial charge < -0.3 is 19.9 Å². The molecule has 3 rings (SSSR count). The fourth-order valence-electron chi connectivity index (χ4n) is 4.35. The van der Waals surface area contributed by atoms with Gasteiger partial charge in [0.05, 0.1) is 6.10 Å². The average Bonchev–Trinajstić information content (AvgIpc) is 3.03. The van der Waals surface area contributed by atoms with Crippen molar-refractivity contribution >= 4 is 36.4 Å². The first-order valence-electron chi connectivity index (χ1n) is 11.3. The molecule has 0 saturated carbocycles. The number of carbonyl (C=O) groups is 1. The van der Waals surface area contributed by atoms with Gasteiger partial charge in [-0.05, 0) is 51.3 Å². The van der Waals surface area contributed by atoms with E-state index in [-0.39, 0.29) is 37.3 Å². The summed E-state index contributed by atoms with van der Waals surface area (Å²) in [6.45, 7) is 15.6. The number of nitrogens with zero attached hydrogens (tertiary/aromatic N) is 4. The number of anilines is 1. The zero-order chi connectivity index (χ0) is 22.5. The van der Waals surface area contributed by atoms with Crippen LogP contribution in [0, 0.1) is 27.7 Å². The molecule has 0 bridgehead atoms. The number of piperazine rings is 1. The van der Waals surface area contributed by atoms with Crippen LogP contribution in [0.15, 0.2) is 18.2 Å². The molecule has 1 aromatic heterocycles. The number of β-amino-alcohol motifs (C(OH)–C–C–N with tert-alkyl or cyclic N) is 1. The van der Waals surface area contributed by atoms with Crippen LogP contribution in [0.4, 0.5) is 5.69 Å². The standard InChI is InChI=1S/C24H37N5O2.2ClH/c1-6-10-29-19(4)23(26-20(29)5)24(31)25-15-21(30)16-27-11-13-28(14-12-27)22-9-7-8-17(2)18(22)3;;/h7-9,21,30H,6,10-16H2,1-5H3,(H,25,31);2*1H. The zero-order valence-electron chi connectivity index (χ0n) is 20.4. The van der Waals surface area contributed by atoms with Crippen LogP contribution in [-0.2, 0) is 6.54 Å². The summed E-state index contributed by atoms with van der Waals surface area (Å²) in [6, 6.07) is 6.45. The number of carbonyl (C=O) groups excluding carboxylic acids is 1. The Morgan fingerprint density at radius 2 is 1.79 bits per heavy atom. The van der Waals surface area contributed by atoms with Gasteiger partial charge in [-0.2, -0.15) is 0 Å². The monoisotopic (exact) mass is 499 g/mol. The Labute approximate surface area is 210 Å². The van der Waals surface area contributed by atoms with Gasteiger partial charge in [-0.3, -0.25) is 9.69 Å². The molecule has 1 fully saturated rings.